The van der Waals surface area contributed by atoms with Gasteiger partial charge in [-0.05, 0) is 56.1 Å². The molecule has 5 heteroatoms. The van der Waals surface area contributed by atoms with Crippen molar-refractivity contribution in [1.82, 2.24) is 0 Å². The predicted molar refractivity (Wildman–Crippen MR) is 126 cm³/mol. The van der Waals surface area contributed by atoms with Crippen LogP contribution >= 0.6 is 0 Å². The summed E-state index contributed by atoms with van der Waals surface area (Å²) in [5.41, 5.74) is 2.74. The smallest absolute Gasteiger partial charge is 0.377 e. The average molecular weight is 437 g/mol. The van der Waals surface area contributed by atoms with Crippen molar-refractivity contribution in [3.63, 3.8) is 0 Å². The van der Waals surface area contributed by atoms with Gasteiger partial charge in [-0.1, -0.05) is 72.6 Å². The number of aromatic hydroxyl groups is 2. The second kappa shape index (κ2) is 16.0. The predicted octanol–water partition coefficient (Wildman–Crippen LogP) is 7.18. The molecular weight excluding hydrogens is 392 g/mol. The number of carbonyl (C=O) groups excluding carboxylic acids is 1. The van der Waals surface area contributed by atoms with E-state index in [4.69, 9.17) is 9.78 Å². The minimum Gasteiger partial charge on any atom is -0.504 e. The van der Waals surface area contributed by atoms with Crippen molar-refractivity contribution in [2.75, 3.05) is 6.61 Å². The third-order valence-corrected chi connectivity index (χ3v) is 5.79. The lowest BCUT2D eigenvalue weighted by Gasteiger charge is -2.21. The summed E-state index contributed by atoms with van der Waals surface area (Å²) in [4.78, 5) is 23.0. The zero-order valence-electron chi connectivity index (χ0n) is 20.2. The first-order valence-corrected chi connectivity index (χ1v) is 12.4. The molecule has 31 heavy (non-hydrogen) atoms. The Balaban J connectivity index is 3.40. The summed E-state index contributed by atoms with van der Waals surface area (Å²) < 4.78 is 0. The van der Waals surface area contributed by atoms with Gasteiger partial charge in [0.15, 0.2) is 11.5 Å². The zero-order valence-corrected chi connectivity index (χ0v) is 20.2. The Morgan fingerprint density at radius 2 is 1.13 bits per heavy atom. The molecule has 0 heterocycles. The number of unbranched alkanes of at least 4 members (excludes halogenated alkanes) is 7. The highest BCUT2D eigenvalue weighted by molar-refractivity contribution is 5.95. The highest BCUT2D eigenvalue weighted by Crippen LogP contribution is 2.41. The minimum atomic E-state index is -0.716. The molecule has 0 atom stereocenters. The Morgan fingerprint density at radius 3 is 1.65 bits per heavy atom. The average Bonchev–Trinajstić information content (AvgIpc) is 2.76. The zero-order chi connectivity index (χ0) is 23.1. The highest BCUT2D eigenvalue weighted by atomic mass is 17.2. The van der Waals surface area contributed by atoms with Crippen LogP contribution in [0.15, 0.2) is 0 Å². The van der Waals surface area contributed by atoms with Crippen LogP contribution in [0.25, 0.3) is 0 Å². The number of benzene rings is 1. The van der Waals surface area contributed by atoms with Crippen molar-refractivity contribution in [2.24, 2.45) is 0 Å². The molecular formula is C26H44O5. The molecule has 0 unspecified atom stereocenters. The molecule has 0 amide bonds. The van der Waals surface area contributed by atoms with Crippen molar-refractivity contribution in [3.8, 4) is 11.5 Å². The fraction of sp³-hybridized carbons (Fsp3) is 0.731. The number of rotatable bonds is 17. The molecule has 0 saturated carbocycles. The molecule has 0 fully saturated rings. The SMILES string of the molecule is CCCCCc1c(O)c(O)c(C(=O)OOCCCC)c(CCCCC)c1CCCCC. The van der Waals surface area contributed by atoms with Crippen LogP contribution in [0.5, 0.6) is 11.5 Å². The molecule has 1 rings (SSSR count). The lowest BCUT2D eigenvalue weighted by Crippen LogP contribution is -2.14. The van der Waals surface area contributed by atoms with Crippen LogP contribution < -0.4 is 0 Å². The molecule has 178 valence electrons. The van der Waals surface area contributed by atoms with Gasteiger partial charge in [0, 0.05) is 5.56 Å². The Morgan fingerprint density at radius 1 is 0.645 bits per heavy atom. The van der Waals surface area contributed by atoms with Gasteiger partial charge in [-0.15, -0.1) is 0 Å². The summed E-state index contributed by atoms with van der Waals surface area (Å²) in [5, 5.41) is 21.7. The topological polar surface area (TPSA) is 76.0 Å². The monoisotopic (exact) mass is 436 g/mol. The minimum absolute atomic E-state index is 0.0795. The van der Waals surface area contributed by atoms with Crippen molar-refractivity contribution < 1.29 is 24.8 Å². The Bertz CT molecular complexity index is 654. The standard InChI is InChI=1S/C26H44O5/c1-5-9-13-16-20-21(17-14-10-6-2)23(26(29)31-30-19-12-8-4)25(28)24(27)22(20)18-15-11-7-3/h27-28H,5-19H2,1-4H3. The lowest BCUT2D eigenvalue weighted by molar-refractivity contribution is -0.241. The number of hydrogen-bond acceptors (Lipinski definition) is 5. The normalized spacial score (nSPS) is 11.1. The number of carbonyl (C=O) groups is 1. The van der Waals surface area contributed by atoms with E-state index in [1.54, 1.807) is 0 Å². The van der Waals surface area contributed by atoms with E-state index >= 15 is 0 Å². The van der Waals surface area contributed by atoms with Gasteiger partial charge in [0.25, 0.3) is 0 Å². The summed E-state index contributed by atoms with van der Waals surface area (Å²) in [5.74, 6) is -1.24. The van der Waals surface area contributed by atoms with Crippen LogP contribution in [0.4, 0.5) is 0 Å². The van der Waals surface area contributed by atoms with Crippen LogP contribution in [0, 0.1) is 0 Å². The molecule has 0 aliphatic rings. The summed E-state index contributed by atoms with van der Waals surface area (Å²) in [6.07, 6.45) is 13.2. The lowest BCUT2D eigenvalue weighted by atomic mass is 9.86. The van der Waals surface area contributed by atoms with Gasteiger partial charge >= 0.3 is 5.97 Å². The van der Waals surface area contributed by atoms with Crippen LogP contribution in [0.1, 0.15) is 125 Å². The van der Waals surface area contributed by atoms with Crippen LogP contribution in [-0.4, -0.2) is 22.8 Å². The highest BCUT2D eigenvalue weighted by Gasteiger charge is 2.28. The third-order valence-electron chi connectivity index (χ3n) is 5.79. The number of phenolic OH excluding ortho intramolecular Hbond substituents is 2. The largest absolute Gasteiger partial charge is 0.504 e. The van der Waals surface area contributed by atoms with Gasteiger partial charge in [-0.25, -0.2) is 4.79 Å². The Labute approximate surface area is 189 Å². The summed E-state index contributed by atoms with van der Waals surface area (Å²) in [6, 6.07) is 0. The summed E-state index contributed by atoms with van der Waals surface area (Å²) in [7, 11) is 0. The van der Waals surface area contributed by atoms with Crippen LogP contribution in [0.2, 0.25) is 0 Å². The molecule has 0 saturated heterocycles. The van der Waals surface area contributed by atoms with Crippen molar-refractivity contribution in [3.05, 3.63) is 22.3 Å². The van der Waals surface area contributed by atoms with Gasteiger partial charge in [-0.3, -0.25) is 4.89 Å². The van der Waals surface area contributed by atoms with E-state index in [9.17, 15) is 15.0 Å². The first kappa shape index (κ1) is 27.3. The van der Waals surface area contributed by atoms with Crippen LogP contribution in [0.3, 0.4) is 0 Å². The molecule has 0 radical (unpaired) electrons. The quantitative estimate of drug-likeness (QED) is 0.117. The van der Waals surface area contributed by atoms with Gasteiger partial charge < -0.3 is 10.2 Å². The maximum absolute atomic E-state index is 12.9. The van der Waals surface area contributed by atoms with Crippen molar-refractivity contribution >= 4 is 5.97 Å². The molecule has 0 aliphatic carbocycles. The van der Waals surface area contributed by atoms with E-state index in [2.05, 4.69) is 20.8 Å². The fourth-order valence-electron chi connectivity index (χ4n) is 3.94. The molecule has 0 spiro atoms. The first-order valence-electron chi connectivity index (χ1n) is 12.4. The van der Waals surface area contributed by atoms with Gasteiger partial charge in [0.1, 0.15) is 5.56 Å². The molecule has 1 aromatic carbocycles. The van der Waals surface area contributed by atoms with E-state index in [0.29, 0.717) is 19.4 Å². The maximum Gasteiger partial charge on any atom is 0.377 e. The second-order valence-corrected chi connectivity index (χ2v) is 8.43. The Hall–Kier alpha value is -1.75. The van der Waals surface area contributed by atoms with E-state index < -0.39 is 5.97 Å². The molecule has 1 aromatic rings. The van der Waals surface area contributed by atoms with Gasteiger partial charge in [-0.2, -0.15) is 4.89 Å². The molecule has 5 nitrogen and oxygen atoms in total. The van der Waals surface area contributed by atoms with Gasteiger partial charge in [0.05, 0.1) is 6.61 Å². The molecule has 0 bridgehead atoms. The fourth-order valence-corrected chi connectivity index (χ4v) is 3.94. The van der Waals surface area contributed by atoms with E-state index in [-0.39, 0.29) is 17.1 Å². The van der Waals surface area contributed by atoms with Crippen molar-refractivity contribution in [1.29, 1.82) is 0 Å². The van der Waals surface area contributed by atoms with E-state index in [1.165, 1.54) is 0 Å². The second-order valence-electron chi connectivity index (χ2n) is 8.43. The molecule has 2 N–H and O–H groups in total. The Kier molecular flexibility index (Phi) is 14.1. The number of hydrogen-bond donors (Lipinski definition) is 2. The third kappa shape index (κ3) is 8.72. The summed E-state index contributed by atoms with van der Waals surface area (Å²) >= 11 is 0. The van der Waals surface area contributed by atoms with Crippen molar-refractivity contribution in [2.45, 2.75) is 118 Å². The molecule has 0 aromatic heterocycles. The van der Waals surface area contributed by atoms with E-state index in [0.717, 1.165) is 93.7 Å². The molecule has 0 aliphatic heterocycles. The maximum atomic E-state index is 12.9. The summed E-state index contributed by atoms with van der Waals surface area (Å²) in [6.45, 7) is 8.80. The first-order chi connectivity index (χ1) is 15.0. The van der Waals surface area contributed by atoms with Gasteiger partial charge in [0.2, 0.25) is 0 Å². The van der Waals surface area contributed by atoms with E-state index in [1.807, 2.05) is 6.92 Å². The van der Waals surface area contributed by atoms with Crippen LogP contribution in [-0.2, 0) is 29.0 Å². The number of phenols is 2.